The molecule has 0 saturated heterocycles. The number of benzene rings is 2. The van der Waals surface area contributed by atoms with Crippen LogP contribution in [0, 0.1) is 0 Å². The molecule has 8 nitrogen and oxygen atoms in total. The number of phenols is 1. The van der Waals surface area contributed by atoms with Crippen molar-refractivity contribution in [3.63, 3.8) is 0 Å². The van der Waals surface area contributed by atoms with Crippen LogP contribution in [0.15, 0.2) is 53.3 Å². The van der Waals surface area contributed by atoms with Gasteiger partial charge in [0.2, 0.25) is 0 Å². The molecule has 3 rings (SSSR count). The van der Waals surface area contributed by atoms with Gasteiger partial charge in [-0.2, -0.15) is 0 Å². The van der Waals surface area contributed by atoms with Gasteiger partial charge in [0.15, 0.2) is 0 Å². The molecule has 0 radical (unpaired) electrons. The number of nitrogens with one attached hydrogen (secondary N) is 2. The van der Waals surface area contributed by atoms with Crippen LogP contribution < -0.4 is 16.5 Å². The lowest BCUT2D eigenvalue weighted by Gasteiger charge is -2.09. The van der Waals surface area contributed by atoms with Crippen LogP contribution in [0.5, 0.6) is 5.75 Å². The summed E-state index contributed by atoms with van der Waals surface area (Å²) in [7, 11) is 0. The van der Waals surface area contributed by atoms with E-state index in [1.165, 1.54) is 16.7 Å². The zero-order chi connectivity index (χ0) is 18.7. The van der Waals surface area contributed by atoms with E-state index in [4.69, 9.17) is 0 Å². The highest BCUT2D eigenvalue weighted by Crippen LogP contribution is 2.15. The molecule has 3 aromatic rings. The maximum atomic E-state index is 12.5. The summed E-state index contributed by atoms with van der Waals surface area (Å²) < 4.78 is 2.92. The van der Waals surface area contributed by atoms with E-state index in [-0.39, 0.29) is 23.5 Å². The molecule has 0 aliphatic heterocycles. The number of aryl methyl sites for hydroxylation is 1. The number of amides is 2. The van der Waals surface area contributed by atoms with Crippen LogP contribution in [0.1, 0.15) is 17.3 Å². The van der Waals surface area contributed by atoms with E-state index < -0.39 is 11.8 Å². The van der Waals surface area contributed by atoms with Crippen LogP contribution in [0.25, 0.3) is 11.0 Å². The van der Waals surface area contributed by atoms with E-state index in [0.717, 1.165) is 5.52 Å². The number of nitrogens with zero attached hydrogens (tertiary/aromatic N) is 2. The molecule has 134 valence electrons. The number of phenolic OH excluding ortho intramolecular Hbond substituents is 1. The minimum atomic E-state index is -0.653. The van der Waals surface area contributed by atoms with E-state index in [1.807, 2.05) is 19.1 Å². The maximum Gasteiger partial charge on any atom is 0.329 e. The molecular weight excluding hydrogens is 336 g/mol. The van der Waals surface area contributed by atoms with Crippen molar-refractivity contribution < 1.29 is 14.7 Å². The number of rotatable bonds is 4. The molecule has 2 amide bonds. The second-order valence-electron chi connectivity index (χ2n) is 5.62. The lowest BCUT2D eigenvalue weighted by molar-refractivity contribution is -0.122. The highest BCUT2D eigenvalue weighted by atomic mass is 16.3. The van der Waals surface area contributed by atoms with Crippen LogP contribution >= 0.6 is 0 Å². The normalized spacial score (nSPS) is 10.7. The molecule has 0 atom stereocenters. The first-order valence-corrected chi connectivity index (χ1v) is 8.08. The van der Waals surface area contributed by atoms with Crippen LogP contribution in [-0.2, 0) is 17.9 Å². The molecule has 8 heteroatoms. The van der Waals surface area contributed by atoms with Crippen LogP contribution in [-0.4, -0.2) is 26.1 Å². The highest BCUT2D eigenvalue weighted by molar-refractivity contribution is 5.97. The molecule has 0 aliphatic carbocycles. The predicted octanol–water partition coefficient (Wildman–Crippen LogP) is 0.990. The molecule has 0 saturated carbocycles. The van der Waals surface area contributed by atoms with Crippen LogP contribution in [0.2, 0.25) is 0 Å². The van der Waals surface area contributed by atoms with Crippen molar-refractivity contribution in [1.29, 1.82) is 0 Å². The zero-order valence-electron chi connectivity index (χ0n) is 14.1. The van der Waals surface area contributed by atoms with Gasteiger partial charge in [-0.3, -0.25) is 29.6 Å². The number of imidazole rings is 1. The fourth-order valence-corrected chi connectivity index (χ4v) is 2.77. The number of hydrogen-bond donors (Lipinski definition) is 3. The largest absolute Gasteiger partial charge is 0.507 e. The van der Waals surface area contributed by atoms with Gasteiger partial charge in [-0.15, -0.1) is 0 Å². The Morgan fingerprint density at radius 3 is 2.23 bits per heavy atom. The summed E-state index contributed by atoms with van der Waals surface area (Å²) in [6, 6.07) is 13.2. The molecule has 1 heterocycles. The summed E-state index contributed by atoms with van der Waals surface area (Å²) in [5.41, 5.74) is 5.61. The van der Waals surface area contributed by atoms with Crippen molar-refractivity contribution in [2.75, 3.05) is 0 Å². The number of aromatic hydroxyl groups is 1. The monoisotopic (exact) mass is 354 g/mol. The Bertz CT molecular complexity index is 1040. The van der Waals surface area contributed by atoms with Gasteiger partial charge in [0, 0.05) is 6.54 Å². The number of fused-ring (bicyclic) bond motifs is 1. The van der Waals surface area contributed by atoms with Gasteiger partial charge >= 0.3 is 5.69 Å². The Kier molecular flexibility index (Phi) is 4.74. The zero-order valence-corrected chi connectivity index (χ0v) is 14.1. The smallest absolute Gasteiger partial charge is 0.329 e. The van der Waals surface area contributed by atoms with Gasteiger partial charge in [0.1, 0.15) is 12.3 Å². The number of aromatic nitrogens is 2. The summed E-state index contributed by atoms with van der Waals surface area (Å²) in [5, 5.41) is 9.64. The fraction of sp³-hybridized carbons (Fsp3) is 0.167. The SMILES string of the molecule is CCn1c(=O)n(CC(=O)NNC(=O)c2ccccc2O)c2ccccc21. The van der Waals surface area contributed by atoms with E-state index in [0.29, 0.717) is 12.1 Å². The van der Waals surface area contributed by atoms with Crippen molar-refractivity contribution in [2.45, 2.75) is 20.0 Å². The van der Waals surface area contributed by atoms with Crippen molar-refractivity contribution in [3.05, 3.63) is 64.6 Å². The molecule has 0 spiro atoms. The molecule has 0 bridgehead atoms. The minimum absolute atomic E-state index is 0.0348. The van der Waals surface area contributed by atoms with Gasteiger partial charge in [-0.1, -0.05) is 24.3 Å². The van der Waals surface area contributed by atoms with E-state index >= 15 is 0 Å². The molecule has 0 unspecified atom stereocenters. The third-order valence-corrected chi connectivity index (χ3v) is 4.01. The Labute approximate surface area is 148 Å². The average Bonchev–Trinajstić information content (AvgIpc) is 2.91. The fourth-order valence-electron chi connectivity index (χ4n) is 2.77. The topological polar surface area (TPSA) is 105 Å². The lowest BCUT2D eigenvalue weighted by atomic mass is 10.2. The van der Waals surface area contributed by atoms with E-state index in [9.17, 15) is 19.5 Å². The molecule has 1 aromatic heterocycles. The van der Waals surface area contributed by atoms with Crippen LogP contribution in [0.4, 0.5) is 0 Å². The third kappa shape index (κ3) is 3.16. The summed E-state index contributed by atoms with van der Waals surface area (Å²) in [6.07, 6.45) is 0. The quantitative estimate of drug-likeness (QED) is 0.608. The van der Waals surface area contributed by atoms with Crippen molar-refractivity contribution >= 4 is 22.8 Å². The standard InChI is InChI=1S/C18H18N4O4/c1-2-21-13-8-4-5-9-14(13)22(18(21)26)11-16(24)19-20-17(25)12-7-3-6-10-15(12)23/h3-10,23H,2,11H2,1H3,(H,19,24)(H,20,25). The molecule has 26 heavy (non-hydrogen) atoms. The van der Waals surface area contributed by atoms with Gasteiger partial charge < -0.3 is 5.11 Å². The molecule has 2 aromatic carbocycles. The molecule has 0 fully saturated rings. The summed E-state index contributed by atoms with van der Waals surface area (Å²) in [4.78, 5) is 36.6. The van der Waals surface area contributed by atoms with Gasteiger partial charge in [0.25, 0.3) is 11.8 Å². The number of carbonyl (C=O) groups excluding carboxylic acids is 2. The molecule has 0 aliphatic rings. The van der Waals surface area contributed by atoms with Gasteiger partial charge in [0.05, 0.1) is 16.6 Å². The van der Waals surface area contributed by atoms with Crippen molar-refractivity contribution in [2.24, 2.45) is 0 Å². The Hall–Kier alpha value is -3.55. The van der Waals surface area contributed by atoms with Crippen LogP contribution in [0.3, 0.4) is 0 Å². The first-order chi connectivity index (χ1) is 12.5. The van der Waals surface area contributed by atoms with Crippen molar-refractivity contribution in [3.8, 4) is 5.75 Å². The highest BCUT2D eigenvalue weighted by Gasteiger charge is 2.15. The van der Waals surface area contributed by atoms with E-state index in [2.05, 4.69) is 10.9 Å². The van der Waals surface area contributed by atoms with Gasteiger partial charge in [-0.05, 0) is 31.2 Å². The average molecular weight is 354 g/mol. The lowest BCUT2D eigenvalue weighted by Crippen LogP contribution is -2.44. The second-order valence-corrected chi connectivity index (χ2v) is 5.62. The summed E-state index contributed by atoms with van der Waals surface area (Å²) in [6.45, 7) is 2.09. The number of carbonyl (C=O) groups is 2. The Morgan fingerprint density at radius 2 is 1.58 bits per heavy atom. The number of hydrazine groups is 1. The maximum absolute atomic E-state index is 12.5. The minimum Gasteiger partial charge on any atom is -0.507 e. The second kappa shape index (κ2) is 7.14. The number of para-hydroxylation sites is 3. The number of hydrogen-bond acceptors (Lipinski definition) is 4. The summed E-state index contributed by atoms with van der Waals surface area (Å²) >= 11 is 0. The van der Waals surface area contributed by atoms with Gasteiger partial charge in [-0.25, -0.2) is 4.79 Å². The Morgan fingerprint density at radius 1 is 0.962 bits per heavy atom. The van der Waals surface area contributed by atoms with E-state index in [1.54, 1.807) is 28.8 Å². The molecular formula is C18H18N4O4. The first-order valence-electron chi connectivity index (χ1n) is 8.08. The first kappa shape index (κ1) is 17.3. The predicted molar refractivity (Wildman–Crippen MR) is 95.6 cm³/mol. The third-order valence-electron chi connectivity index (χ3n) is 4.01. The Balaban J connectivity index is 1.74. The van der Waals surface area contributed by atoms with Crippen molar-refractivity contribution in [1.82, 2.24) is 20.0 Å². The summed E-state index contributed by atoms with van der Waals surface area (Å²) in [5.74, 6) is -1.41. The molecule has 3 N–H and O–H groups in total.